The van der Waals surface area contributed by atoms with E-state index in [2.05, 4.69) is 10.2 Å². The molecule has 118 valence electrons. The molecule has 1 saturated heterocycles. The van der Waals surface area contributed by atoms with Crippen LogP contribution in [0.25, 0.3) is 0 Å². The minimum absolute atomic E-state index is 0.0238. The summed E-state index contributed by atoms with van der Waals surface area (Å²) in [5.41, 5.74) is 0. The van der Waals surface area contributed by atoms with Gasteiger partial charge in [-0.2, -0.15) is 0 Å². The molecule has 2 fully saturated rings. The Hall–Kier alpha value is -0.950. The Bertz CT molecular complexity index is 599. The molecule has 2 aliphatic rings. The second-order valence-electron chi connectivity index (χ2n) is 6.37. The fraction of sp³-hybridized carbons (Fsp3) is 0.857. The SMILES string of the molecule is CC(C)c1nnc(S(=O)(=O)CC2CCCCO2)n1C1CC1. The van der Waals surface area contributed by atoms with Gasteiger partial charge in [0.1, 0.15) is 5.82 Å². The van der Waals surface area contributed by atoms with Gasteiger partial charge in [0.25, 0.3) is 0 Å². The molecule has 0 aromatic carbocycles. The van der Waals surface area contributed by atoms with Crippen LogP contribution in [0.1, 0.15) is 63.7 Å². The lowest BCUT2D eigenvalue weighted by atomic mass is 10.1. The standard InChI is InChI=1S/C14H23N3O3S/c1-10(2)13-15-16-14(17(13)11-6-7-11)21(18,19)9-12-5-3-4-8-20-12/h10-12H,3-9H2,1-2H3. The van der Waals surface area contributed by atoms with Crippen molar-refractivity contribution in [1.29, 1.82) is 0 Å². The molecule has 1 aliphatic heterocycles. The first-order chi connectivity index (χ1) is 9.99. The Morgan fingerprint density at radius 3 is 2.57 bits per heavy atom. The van der Waals surface area contributed by atoms with Crippen LogP contribution in [0.3, 0.4) is 0 Å². The van der Waals surface area contributed by atoms with E-state index in [1.54, 1.807) is 0 Å². The third-order valence-corrected chi connectivity index (χ3v) is 5.72. The summed E-state index contributed by atoms with van der Waals surface area (Å²) in [4.78, 5) is 0. The second-order valence-corrected chi connectivity index (χ2v) is 8.29. The molecule has 21 heavy (non-hydrogen) atoms. The molecule has 7 heteroatoms. The molecule has 1 aliphatic carbocycles. The maximum Gasteiger partial charge on any atom is 0.250 e. The zero-order valence-electron chi connectivity index (χ0n) is 12.7. The van der Waals surface area contributed by atoms with Gasteiger partial charge < -0.3 is 4.74 Å². The number of rotatable bonds is 5. The van der Waals surface area contributed by atoms with Crippen LogP contribution in [0, 0.1) is 0 Å². The van der Waals surface area contributed by atoms with E-state index in [1.165, 1.54) is 0 Å². The summed E-state index contributed by atoms with van der Waals surface area (Å²) in [5.74, 6) is 0.976. The lowest BCUT2D eigenvalue weighted by Gasteiger charge is -2.22. The maximum absolute atomic E-state index is 12.7. The van der Waals surface area contributed by atoms with Crippen LogP contribution in [0.15, 0.2) is 5.16 Å². The average molecular weight is 313 g/mol. The van der Waals surface area contributed by atoms with Crippen LogP contribution < -0.4 is 0 Å². The van der Waals surface area contributed by atoms with Gasteiger partial charge in [0, 0.05) is 18.6 Å². The molecule has 1 saturated carbocycles. The molecular formula is C14H23N3O3S. The van der Waals surface area contributed by atoms with Crippen molar-refractivity contribution >= 4 is 9.84 Å². The number of hydrogen-bond donors (Lipinski definition) is 0. The Kier molecular flexibility index (Phi) is 4.05. The summed E-state index contributed by atoms with van der Waals surface area (Å²) in [6, 6.07) is 0.259. The lowest BCUT2D eigenvalue weighted by molar-refractivity contribution is 0.0304. The van der Waals surface area contributed by atoms with Gasteiger partial charge in [0.15, 0.2) is 0 Å². The van der Waals surface area contributed by atoms with Crippen molar-refractivity contribution in [2.24, 2.45) is 0 Å². The van der Waals surface area contributed by atoms with E-state index in [0.717, 1.165) is 37.9 Å². The Morgan fingerprint density at radius 1 is 1.24 bits per heavy atom. The summed E-state index contributed by atoms with van der Waals surface area (Å²) in [6.45, 7) is 4.69. The Balaban J connectivity index is 1.87. The van der Waals surface area contributed by atoms with Gasteiger partial charge in [0.05, 0.1) is 11.9 Å². The van der Waals surface area contributed by atoms with E-state index in [0.29, 0.717) is 6.61 Å². The van der Waals surface area contributed by atoms with Gasteiger partial charge in [-0.15, -0.1) is 10.2 Å². The van der Waals surface area contributed by atoms with Crippen LogP contribution >= 0.6 is 0 Å². The predicted molar refractivity (Wildman–Crippen MR) is 78.0 cm³/mol. The molecule has 1 aromatic rings. The number of hydrogen-bond acceptors (Lipinski definition) is 5. The first-order valence-corrected chi connectivity index (χ1v) is 9.43. The van der Waals surface area contributed by atoms with Gasteiger partial charge in [-0.05, 0) is 32.1 Å². The molecule has 6 nitrogen and oxygen atoms in total. The van der Waals surface area contributed by atoms with Crippen molar-refractivity contribution < 1.29 is 13.2 Å². The minimum Gasteiger partial charge on any atom is -0.377 e. The number of nitrogens with zero attached hydrogens (tertiary/aromatic N) is 3. The summed E-state index contributed by atoms with van der Waals surface area (Å²) < 4.78 is 32.8. The molecule has 3 rings (SSSR count). The topological polar surface area (TPSA) is 74.1 Å². The highest BCUT2D eigenvalue weighted by Gasteiger charge is 2.36. The fourth-order valence-corrected chi connectivity index (χ4v) is 4.44. The quantitative estimate of drug-likeness (QED) is 0.832. The maximum atomic E-state index is 12.7. The molecule has 0 N–H and O–H groups in total. The molecule has 0 bridgehead atoms. The molecule has 1 unspecified atom stereocenters. The summed E-state index contributed by atoms with van der Waals surface area (Å²) in [7, 11) is -3.44. The average Bonchev–Trinajstić information content (AvgIpc) is 3.16. The number of aromatic nitrogens is 3. The second kappa shape index (κ2) is 5.68. The van der Waals surface area contributed by atoms with E-state index in [-0.39, 0.29) is 29.0 Å². The highest BCUT2D eigenvalue weighted by molar-refractivity contribution is 7.91. The first-order valence-electron chi connectivity index (χ1n) is 7.78. The van der Waals surface area contributed by atoms with Crippen molar-refractivity contribution in [1.82, 2.24) is 14.8 Å². The summed E-state index contributed by atoms with van der Waals surface area (Å²) in [5, 5.41) is 8.28. The Labute approximate surface area is 125 Å². The van der Waals surface area contributed by atoms with Crippen LogP contribution in [0.5, 0.6) is 0 Å². The zero-order chi connectivity index (χ0) is 15.0. The van der Waals surface area contributed by atoms with E-state index in [9.17, 15) is 8.42 Å². The van der Waals surface area contributed by atoms with Crippen LogP contribution in [0.4, 0.5) is 0 Å². The van der Waals surface area contributed by atoms with Gasteiger partial charge in [-0.25, -0.2) is 8.42 Å². The van der Waals surface area contributed by atoms with Crippen molar-refractivity contribution in [3.05, 3.63) is 5.82 Å². The van der Waals surface area contributed by atoms with E-state index < -0.39 is 9.84 Å². The Morgan fingerprint density at radius 2 is 2.00 bits per heavy atom. The molecular weight excluding hydrogens is 290 g/mol. The molecule has 1 aromatic heterocycles. The van der Waals surface area contributed by atoms with Crippen LogP contribution in [-0.2, 0) is 14.6 Å². The lowest BCUT2D eigenvalue weighted by Crippen LogP contribution is -2.29. The van der Waals surface area contributed by atoms with Crippen LogP contribution in [0.2, 0.25) is 0 Å². The van der Waals surface area contributed by atoms with Crippen LogP contribution in [-0.4, -0.2) is 41.6 Å². The summed E-state index contributed by atoms with van der Waals surface area (Å²) in [6.07, 6.45) is 4.70. The highest BCUT2D eigenvalue weighted by atomic mass is 32.2. The number of ether oxygens (including phenoxy) is 1. The third kappa shape index (κ3) is 3.13. The molecule has 1 atom stereocenters. The van der Waals surface area contributed by atoms with Crippen molar-refractivity contribution in [3.63, 3.8) is 0 Å². The number of sulfone groups is 1. The zero-order valence-corrected chi connectivity index (χ0v) is 13.5. The normalized spacial score (nSPS) is 23.7. The highest BCUT2D eigenvalue weighted by Crippen LogP contribution is 2.39. The fourth-order valence-electron chi connectivity index (χ4n) is 2.83. The smallest absolute Gasteiger partial charge is 0.250 e. The first kappa shape index (κ1) is 15.0. The molecule has 0 radical (unpaired) electrons. The summed E-state index contributed by atoms with van der Waals surface area (Å²) >= 11 is 0. The molecule has 2 heterocycles. The minimum atomic E-state index is -3.44. The molecule has 0 spiro atoms. The van der Waals surface area contributed by atoms with Crippen molar-refractivity contribution in [2.75, 3.05) is 12.4 Å². The van der Waals surface area contributed by atoms with Crippen molar-refractivity contribution in [2.45, 2.75) is 69.2 Å². The van der Waals surface area contributed by atoms with Gasteiger partial charge in [-0.3, -0.25) is 4.57 Å². The monoisotopic (exact) mass is 313 g/mol. The third-order valence-electron chi connectivity index (χ3n) is 4.08. The van der Waals surface area contributed by atoms with E-state index >= 15 is 0 Å². The predicted octanol–water partition coefficient (Wildman–Crippen LogP) is 2.08. The molecule has 0 amide bonds. The largest absolute Gasteiger partial charge is 0.377 e. The van der Waals surface area contributed by atoms with Crippen molar-refractivity contribution in [3.8, 4) is 0 Å². The van der Waals surface area contributed by atoms with Gasteiger partial charge in [0.2, 0.25) is 15.0 Å². The van der Waals surface area contributed by atoms with Gasteiger partial charge in [-0.1, -0.05) is 13.8 Å². The van der Waals surface area contributed by atoms with E-state index in [1.807, 2.05) is 18.4 Å². The van der Waals surface area contributed by atoms with Gasteiger partial charge >= 0.3 is 0 Å². The van der Waals surface area contributed by atoms with E-state index in [4.69, 9.17) is 4.74 Å².